The van der Waals surface area contributed by atoms with Crippen molar-refractivity contribution in [3.05, 3.63) is 59.7 Å². The number of halogens is 1. The molecule has 0 heterocycles. The highest BCUT2D eigenvalue weighted by Gasteiger charge is 2.23. The molecule has 0 aromatic heterocycles. The number of aliphatic hydroxyl groups is 1. The molecule has 0 saturated heterocycles. The molecule has 212 valence electrons. The third-order valence-corrected chi connectivity index (χ3v) is 7.60. The predicted octanol–water partition coefficient (Wildman–Crippen LogP) is 7.03. The maximum absolute atomic E-state index is 15.1. The van der Waals surface area contributed by atoms with Crippen LogP contribution in [0.25, 0.3) is 0 Å². The minimum atomic E-state index is -1.13. The Kier molecular flexibility index (Phi) is 14.4. The van der Waals surface area contributed by atoms with Gasteiger partial charge in [0.25, 0.3) is 0 Å². The average molecular weight is 531 g/mol. The summed E-state index contributed by atoms with van der Waals surface area (Å²) in [5, 5.41) is 8.99. The van der Waals surface area contributed by atoms with Crippen LogP contribution in [0.2, 0.25) is 0 Å². The second-order valence-corrected chi connectivity index (χ2v) is 10.9. The van der Waals surface area contributed by atoms with Crippen LogP contribution >= 0.6 is 0 Å². The van der Waals surface area contributed by atoms with E-state index in [1.165, 1.54) is 56.9 Å². The molecule has 5 nitrogen and oxygen atoms in total. The average Bonchev–Trinajstić information content (AvgIpc) is 2.91. The van der Waals surface area contributed by atoms with Crippen molar-refractivity contribution in [3.63, 3.8) is 0 Å². The second kappa shape index (κ2) is 17.2. The molecule has 38 heavy (non-hydrogen) atoms. The molecule has 2 rings (SSSR count). The quantitative estimate of drug-likeness (QED) is 0.133. The van der Waals surface area contributed by atoms with Crippen molar-refractivity contribution in [2.75, 3.05) is 19.8 Å². The van der Waals surface area contributed by atoms with Gasteiger partial charge in [0.15, 0.2) is 0 Å². The van der Waals surface area contributed by atoms with Gasteiger partial charge in [-0.25, -0.2) is 14.0 Å². The van der Waals surface area contributed by atoms with Gasteiger partial charge in [0.05, 0.1) is 25.4 Å². The number of carbonyl (C=O) groups is 2. The summed E-state index contributed by atoms with van der Waals surface area (Å²) in [6, 6.07) is 8.38. The van der Waals surface area contributed by atoms with Gasteiger partial charge in [-0.05, 0) is 74.3 Å². The van der Waals surface area contributed by atoms with E-state index < -0.39 is 24.7 Å². The minimum absolute atomic E-state index is 0.0185. The lowest BCUT2D eigenvalue weighted by Gasteiger charge is -2.29. The number of esters is 2. The first kappa shape index (κ1) is 31.7. The molecule has 1 N–H and O–H groups in total. The van der Waals surface area contributed by atoms with Crippen molar-refractivity contribution in [3.8, 4) is 0 Å². The largest absolute Gasteiger partial charge is 0.462 e. The lowest BCUT2D eigenvalue weighted by molar-refractivity contribution is -0.143. The van der Waals surface area contributed by atoms with E-state index >= 15 is 4.39 Å². The van der Waals surface area contributed by atoms with Crippen LogP contribution in [0.4, 0.5) is 4.39 Å². The fraction of sp³-hybridized carbons (Fsp3) is 0.625. The number of hydrogen-bond acceptors (Lipinski definition) is 5. The van der Waals surface area contributed by atoms with Gasteiger partial charge in [-0.3, -0.25) is 0 Å². The molecule has 1 aromatic carbocycles. The number of ether oxygens (including phenoxy) is 2. The summed E-state index contributed by atoms with van der Waals surface area (Å²) in [6.45, 7) is 10.4. The van der Waals surface area contributed by atoms with Crippen LogP contribution in [0.1, 0.15) is 95.1 Å². The molecule has 2 atom stereocenters. The lowest BCUT2D eigenvalue weighted by Crippen LogP contribution is -2.22. The van der Waals surface area contributed by atoms with E-state index in [-0.39, 0.29) is 43.1 Å². The van der Waals surface area contributed by atoms with Crippen LogP contribution in [0.5, 0.6) is 0 Å². The molecule has 6 heteroatoms. The molecule has 1 aliphatic rings. The molecule has 1 fully saturated rings. The Bertz CT molecular complexity index is 886. The number of rotatable bonds is 17. The second-order valence-electron chi connectivity index (χ2n) is 10.9. The fourth-order valence-electron chi connectivity index (χ4n) is 5.16. The molecule has 0 bridgehead atoms. The smallest absolute Gasteiger partial charge is 0.335 e. The van der Waals surface area contributed by atoms with Crippen LogP contribution in [0, 0.1) is 11.8 Å². The number of aliphatic hydroxyl groups excluding tert-OH is 1. The summed E-state index contributed by atoms with van der Waals surface area (Å²) in [4.78, 5) is 23.6. The van der Waals surface area contributed by atoms with Crippen molar-refractivity contribution in [2.45, 2.75) is 96.6 Å². The Balaban J connectivity index is 1.85. The molecular formula is C32H47FO5. The minimum Gasteiger partial charge on any atom is -0.462 e. The van der Waals surface area contributed by atoms with Crippen molar-refractivity contribution in [1.29, 1.82) is 0 Å². The van der Waals surface area contributed by atoms with E-state index in [9.17, 15) is 9.59 Å². The van der Waals surface area contributed by atoms with Gasteiger partial charge >= 0.3 is 11.9 Å². The maximum atomic E-state index is 15.1. The Morgan fingerprint density at radius 2 is 1.74 bits per heavy atom. The van der Waals surface area contributed by atoms with Crippen LogP contribution in [-0.2, 0) is 25.5 Å². The first-order valence-corrected chi connectivity index (χ1v) is 14.2. The zero-order chi connectivity index (χ0) is 27.9. The molecular weight excluding hydrogens is 483 g/mol. The molecule has 2 unspecified atom stereocenters. The Labute approximate surface area is 228 Å². The van der Waals surface area contributed by atoms with Crippen LogP contribution in [0.3, 0.4) is 0 Å². The standard InChI is InChI=1S/C32H47FO5/c1-5-6-7-8-25-9-13-28(14-10-25)29-15-11-26(12-16-29)19-30(33)20-27(22-38-31(35)23(2)3)17-18-37-32(36)24(4)21-34/h11-12,15-16,25,27-28,30,34H,2,4-10,13-14,17-22H2,1,3H3. The van der Waals surface area contributed by atoms with Crippen LogP contribution in [-0.4, -0.2) is 43.0 Å². The molecule has 0 radical (unpaired) electrons. The third-order valence-electron chi connectivity index (χ3n) is 7.60. The molecule has 0 aliphatic heterocycles. The highest BCUT2D eigenvalue weighted by molar-refractivity contribution is 5.88. The topological polar surface area (TPSA) is 72.8 Å². The highest BCUT2D eigenvalue weighted by Crippen LogP contribution is 2.38. The third kappa shape index (κ3) is 11.5. The van der Waals surface area contributed by atoms with Gasteiger partial charge in [0.1, 0.15) is 6.17 Å². The summed E-state index contributed by atoms with van der Waals surface area (Å²) < 4.78 is 25.5. The van der Waals surface area contributed by atoms with E-state index in [1.807, 2.05) is 12.1 Å². The van der Waals surface area contributed by atoms with Crippen LogP contribution < -0.4 is 0 Å². The zero-order valence-electron chi connectivity index (χ0n) is 23.4. The Hall–Kier alpha value is -2.47. The van der Waals surface area contributed by atoms with E-state index in [2.05, 4.69) is 32.2 Å². The first-order chi connectivity index (χ1) is 18.2. The van der Waals surface area contributed by atoms with Gasteiger partial charge < -0.3 is 14.6 Å². The van der Waals surface area contributed by atoms with E-state index in [4.69, 9.17) is 14.6 Å². The fourth-order valence-corrected chi connectivity index (χ4v) is 5.16. The molecule has 0 amide bonds. The summed E-state index contributed by atoms with van der Waals surface area (Å²) in [5.74, 6) is -0.0578. The summed E-state index contributed by atoms with van der Waals surface area (Å²) in [7, 11) is 0. The van der Waals surface area contributed by atoms with Gasteiger partial charge in [-0.1, -0.05) is 70.0 Å². The summed E-state index contributed by atoms with van der Waals surface area (Å²) >= 11 is 0. The van der Waals surface area contributed by atoms with Gasteiger partial charge in [-0.2, -0.15) is 0 Å². The molecule has 1 saturated carbocycles. The summed E-state index contributed by atoms with van der Waals surface area (Å²) in [6.07, 6.45) is 10.1. The molecule has 0 spiro atoms. The Morgan fingerprint density at radius 1 is 1.05 bits per heavy atom. The normalized spacial score (nSPS) is 18.8. The maximum Gasteiger partial charge on any atom is 0.335 e. The molecule has 1 aromatic rings. The Morgan fingerprint density at radius 3 is 2.34 bits per heavy atom. The number of alkyl halides is 1. The van der Waals surface area contributed by atoms with Gasteiger partial charge in [0, 0.05) is 12.0 Å². The van der Waals surface area contributed by atoms with Crippen molar-refractivity contribution in [1.82, 2.24) is 0 Å². The monoisotopic (exact) mass is 530 g/mol. The van der Waals surface area contributed by atoms with Crippen molar-refractivity contribution in [2.24, 2.45) is 11.8 Å². The number of hydrogen-bond donors (Lipinski definition) is 1. The van der Waals surface area contributed by atoms with E-state index in [0.29, 0.717) is 12.3 Å². The number of carbonyl (C=O) groups excluding carboxylic acids is 2. The first-order valence-electron chi connectivity index (χ1n) is 14.2. The van der Waals surface area contributed by atoms with Gasteiger partial charge in [0.2, 0.25) is 0 Å². The van der Waals surface area contributed by atoms with Crippen molar-refractivity contribution >= 4 is 11.9 Å². The lowest BCUT2D eigenvalue weighted by atomic mass is 9.77. The van der Waals surface area contributed by atoms with Crippen LogP contribution in [0.15, 0.2) is 48.6 Å². The summed E-state index contributed by atoms with van der Waals surface area (Å²) in [5.41, 5.74) is 2.53. The zero-order valence-corrected chi connectivity index (χ0v) is 23.4. The SMILES string of the molecule is C=C(C)C(=O)OCC(CCOC(=O)C(=C)CO)CC(F)Cc1ccc(C2CCC(CCCCC)CC2)cc1. The van der Waals surface area contributed by atoms with Gasteiger partial charge in [-0.15, -0.1) is 0 Å². The number of benzene rings is 1. The van der Waals surface area contributed by atoms with E-state index in [1.54, 1.807) is 6.92 Å². The van der Waals surface area contributed by atoms with Crippen molar-refractivity contribution < 1.29 is 28.6 Å². The highest BCUT2D eigenvalue weighted by atomic mass is 19.1. The number of unbranched alkanes of at least 4 members (excludes halogenated alkanes) is 2. The van der Waals surface area contributed by atoms with E-state index in [0.717, 1.165) is 11.5 Å². The predicted molar refractivity (Wildman–Crippen MR) is 150 cm³/mol. The molecule has 1 aliphatic carbocycles.